The molecule has 0 bridgehead atoms. The summed E-state index contributed by atoms with van der Waals surface area (Å²) in [6.07, 6.45) is 1.46. The number of fused-ring (bicyclic) bond motifs is 1. The summed E-state index contributed by atoms with van der Waals surface area (Å²) in [4.78, 5) is 28.4. The topological polar surface area (TPSA) is 80.3 Å². The van der Waals surface area contributed by atoms with Crippen molar-refractivity contribution in [2.75, 3.05) is 10.6 Å². The number of anilines is 2. The summed E-state index contributed by atoms with van der Waals surface area (Å²) in [5.41, 5.74) is -2.18. The second-order valence-electron chi connectivity index (χ2n) is 5.02. The number of carbonyl (C=O) groups is 2. The maximum absolute atomic E-state index is 13.6. The Balaban J connectivity index is 1.88. The van der Waals surface area contributed by atoms with Crippen LogP contribution >= 0.6 is 0 Å². The molecular weight excluding hydrogens is 308 g/mol. The van der Waals surface area contributed by atoms with E-state index in [4.69, 9.17) is 4.74 Å². The van der Waals surface area contributed by atoms with Crippen molar-refractivity contribution in [3.8, 4) is 5.75 Å². The van der Waals surface area contributed by atoms with Crippen LogP contribution in [0.4, 0.5) is 20.3 Å². The fraction of sp³-hybridized carbons (Fsp3) is 0.133. The summed E-state index contributed by atoms with van der Waals surface area (Å²) < 4.78 is 32.0. The number of nitrogens with zero attached hydrogens (tertiary/aromatic N) is 1. The molecule has 1 aromatic carbocycles. The highest BCUT2D eigenvalue weighted by Crippen LogP contribution is 2.32. The van der Waals surface area contributed by atoms with E-state index in [9.17, 15) is 18.4 Å². The van der Waals surface area contributed by atoms with Crippen LogP contribution in [0.1, 0.15) is 6.92 Å². The first-order valence-electron chi connectivity index (χ1n) is 6.62. The number of hydrogen-bond acceptors (Lipinski definition) is 4. The van der Waals surface area contributed by atoms with Gasteiger partial charge < -0.3 is 15.4 Å². The minimum absolute atomic E-state index is 0.190. The van der Waals surface area contributed by atoms with Gasteiger partial charge in [0.05, 0.1) is 5.69 Å². The van der Waals surface area contributed by atoms with Crippen LogP contribution in [0, 0.1) is 11.6 Å². The quantitative estimate of drug-likeness (QED) is 0.831. The number of ether oxygens (including phenoxy) is 1. The molecule has 2 aromatic rings. The molecule has 118 valence electrons. The largest absolute Gasteiger partial charge is 0.464 e. The predicted octanol–water partition coefficient (Wildman–Crippen LogP) is 2.09. The van der Waals surface area contributed by atoms with Crippen LogP contribution in [0.2, 0.25) is 0 Å². The van der Waals surface area contributed by atoms with Crippen molar-refractivity contribution in [1.29, 1.82) is 0 Å². The van der Waals surface area contributed by atoms with Crippen molar-refractivity contribution in [3.05, 3.63) is 48.2 Å². The Kier molecular flexibility index (Phi) is 3.44. The van der Waals surface area contributed by atoms with Crippen LogP contribution in [-0.4, -0.2) is 22.4 Å². The normalized spacial score (nSPS) is 19.3. The Labute approximate surface area is 129 Å². The number of hydrogen-bond donors (Lipinski definition) is 2. The first-order valence-corrected chi connectivity index (χ1v) is 6.62. The number of halogens is 2. The molecule has 0 spiro atoms. The molecule has 6 nitrogen and oxygen atoms in total. The lowest BCUT2D eigenvalue weighted by Crippen LogP contribution is -2.56. The zero-order valence-corrected chi connectivity index (χ0v) is 11.9. The highest BCUT2D eigenvalue weighted by Gasteiger charge is 2.47. The molecule has 0 fully saturated rings. The first kappa shape index (κ1) is 14.9. The van der Waals surface area contributed by atoms with E-state index in [0.717, 1.165) is 12.1 Å². The number of nitrogens with one attached hydrogen (secondary N) is 2. The molecule has 0 aliphatic carbocycles. The minimum Gasteiger partial charge on any atom is -0.464 e. The molecule has 1 unspecified atom stereocenters. The van der Waals surface area contributed by atoms with Crippen molar-refractivity contribution in [3.63, 3.8) is 0 Å². The number of aromatic nitrogens is 1. The van der Waals surface area contributed by atoms with Gasteiger partial charge in [0.15, 0.2) is 11.6 Å². The van der Waals surface area contributed by atoms with Crippen LogP contribution in [0.3, 0.4) is 0 Å². The smallest absolute Gasteiger partial charge is 0.279 e. The summed E-state index contributed by atoms with van der Waals surface area (Å²) in [5, 5.41) is 4.67. The van der Waals surface area contributed by atoms with E-state index in [1.807, 2.05) is 0 Å². The molecule has 2 heterocycles. The van der Waals surface area contributed by atoms with Crippen LogP contribution < -0.4 is 15.4 Å². The number of pyridine rings is 1. The van der Waals surface area contributed by atoms with Crippen molar-refractivity contribution < 1.29 is 23.1 Å². The maximum atomic E-state index is 13.6. The lowest BCUT2D eigenvalue weighted by Gasteiger charge is -2.32. The molecular formula is C15H11F2N3O3. The summed E-state index contributed by atoms with van der Waals surface area (Å²) >= 11 is 0. The van der Waals surface area contributed by atoms with Crippen LogP contribution in [0.5, 0.6) is 5.75 Å². The van der Waals surface area contributed by atoms with Gasteiger partial charge in [0.1, 0.15) is 11.6 Å². The third-order valence-corrected chi connectivity index (χ3v) is 3.36. The monoisotopic (exact) mass is 319 g/mol. The van der Waals surface area contributed by atoms with Gasteiger partial charge in [0, 0.05) is 12.3 Å². The van der Waals surface area contributed by atoms with E-state index in [0.29, 0.717) is 6.07 Å². The molecule has 8 heteroatoms. The molecule has 0 radical (unpaired) electrons. The minimum atomic E-state index is -1.92. The van der Waals surface area contributed by atoms with Gasteiger partial charge in [0.2, 0.25) is 0 Å². The van der Waals surface area contributed by atoms with E-state index in [1.165, 1.54) is 19.2 Å². The Morgan fingerprint density at radius 3 is 2.87 bits per heavy atom. The summed E-state index contributed by atoms with van der Waals surface area (Å²) in [7, 11) is 0. The van der Waals surface area contributed by atoms with Gasteiger partial charge in [-0.05, 0) is 31.2 Å². The van der Waals surface area contributed by atoms with Crippen LogP contribution in [0.25, 0.3) is 0 Å². The molecule has 1 atom stereocenters. The third-order valence-electron chi connectivity index (χ3n) is 3.36. The molecule has 2 N–H and O–H groups in total. The molecule has 3 rings (SSSR count). The van der Waals surface area contributed by atoms with Crippen LogP contribution in [-0.2, 0) is 9.59 Å². The van der Waals surface area contributed by atoms with E-state index in [2.05, 4.69) is 15.6 Å². The van der Waals surface area contributed by atoms with E-state index in [1.54, 1.807) is 6.07 Å². The zero-order chi connectivity index (χ0) is 16.6. The molecule has 2 amide bonds. The van der Waals surface area contributed by atoms with Gasteiger partial charge in [-0.25, -0.2) is 13.8 Å². The average molecular weight is 319 g/mol. The van der Waals surface area contributed by atoms with E-state index >= 15 is 0 Å². The zero-order valence-electron chi connectivity index (χ0n) is 11.9. The fourth-order valence-corrected chi connectivity index (χ4v) is 2.04. The number of benzene rings is 1. The molecule has 23 heavy (non-hydrogen) atoms. The predicted molar refractivity (Wildman–Crippen MR) is 76.9 cm³/mol. The second kappa shape index (κ2) is 5.31. The molecule has 1 aromatic heterocycles. The third kappa shape index (κ3) is 2.59. The number of rotatable bonds is 2. The van der Waals surface area contributed by atoms with Crippen molar-refractivity contribution >= 4 is 23.3 Å². The summed E-state index contributed by atoms with van der Waals surface area (Å²) in [5.74, 6) is -2.97. The summed E-state index contributed by atoms with van der Waals surface area (Å²) in [6.45, 7) is 1.25. The molecule has 1 aliphatic rings. The van der Waals surface area contributed by atoms with Gasteiger partial charge in [0.25, 0.3) is 17.4 Å². The fourth-order valence-electron chi connectivity index (χ4n) is 2.04. The van der Waals surface area contributed by atoms with Crippen molar-refractivity contribution in [1.82, 2.24) is 4.98 Å². The Morgan fingerprint density at radius 1 is 1.35 bits per heavy atom. The van der Waals surface area contributed by atoms with Gasteiger partial charge in [-0.15, -0.1) is 0 Å². The van der Waals surface area contributed by atoms with Gasteiger partial charge in [-0.3, -0.25) is 9.59 Å². The van der Waals surface area contributed by atoms with Gasteiger partial charge in [-0.2, -0.15) is 0 Å². The van der Waals surface area contributed by atoms with Gasteiger partial charge >= 0.3 is 0 Å². The first-order chi connectivity index (χ1) is 10.9. The number of amides is 2. The average Bonchev–Trinajstić information content (AvgIpc) is 2.51. The SMILES string of the molecule is CC1(C(=O)Nc2ccc(F)cc2F)Oc2cccnc2NC1=O. The van der Waals surface area contributed by atoms with Crippen molar-refractivity contribution in [2.24, 2.45) is 0 Å². The Morgan fingerprint density at radius 2 is 2.13 bits per heavy atom. The van der Waals surface area contributed by atoms with Gasteiger partial charge in [-0.1, -0.05) is 0 Å². The summed E-state index contributed by atoms with van der Waals surface area (Å²) in [6, 6.07) is 5.78. The molecule has 0 saturated heterocycles. The Hall–Kier alpha value is -3.03. The standard InChI is InChI=1S/C15H11F2N3O3/c1-15(13(21)19-10-5-4-8(16)7-9(10)17)14(22)20-12-11(23-15)3-2-6-18-12/h2-7H,1H3,(H,19,21)(H,18,20,22). The molecule has 0 saturated carbocycles. The van der Waals surface area contributed by atoms with E-state index < -0.39 is 29.0 Å². The maximum Gasteiger partial charge on any atom is 0.279 e. The highest BCUT2D eigenvalue weighted by atomic mass is 19.1. The molecule has 1 aliphatic heterocycles. The van der Waals surface area contributed by atoms with Crippen molar-refractivity contribution in [2.45, 2.75) is 12.5 Å². The lowest BCUT2D eigenvalue weighted by molar-refractivity contribution is -0.143. The number of carbonyl (C=O) groups excluding carboxylic acids is 2. The van der Waals surface area contributed by atoms with Crippen LogP contribution in [0.15, 0.2) is 36.5 Å². The van der Waals surface area contributed by atoms with E-state index in [-0.39, 0.29) is 17.3 Å². The Bertz CT molecular complexity index is 812. The lowest BCUT2D eigenvalue weighted by atomic mass is 10.0. The highest BCUT2D eigenvalue weighted by molar-refractivity contribution is 6.18. The second-order valence-corrected chi connectivity index (χ2v) is 5.02.